The zero-order valence-electron chi connectivity index (χ0n) is 15.2. The molecular formula is C20H20F3N5. The van der Waals surface area contributed by atoms with Crippen molar-refractivity contribution in [1.29, 1.82) is 5.26 Å². The zero-order valence-corrected chi connectivity index (χ0v) is 15.2. The summed E-state index contributed by atoms with van der Waals surface area (Å²) in [7, 11) is 0. The molecule has 5 nitrogen and oxygen atoms in total. The second-order valence-corrected chi connectivity index (χ2v) is 7.38. The molecule has 2 aromatic rings. The highest BCUT2D eigenvalue weighted by molar-refractivity contribution is 5.68. The predicted molar refractivity (Wildman–Crippen MR) is 99.2 cm³/mol. The van der Waals surface area contributed by atoms with Crippen LogP contribution in [-0.2, 0) is 0 Å². The molecule has 1 unspecified atom stereocenters. The number of hydrogen-bond donors (Lipinski definition) is 1. The standard InChI is InChI=1S/C20H20F3N5/c21-20(22,23)15-3-1-2-14(10-15)17-12-25-19-9-8-18(27-28(17)19)26-16-6-4-13(11-24)5-7-16/h1-3,8-9,12-13,15-16H,4-7,10H2,(H,26,27). The maximum Gasteiger partial charge on any atom is 0.395 e. The minimum absolute atomic E-state index is 0.120. The number of hydrogen-bond acceptors (Lipinski definition) is 4. The van der Waals surface area contributed by atoms with Crippen LogP contribution in [0.1, 0.15) is 37.8 Å². The number of allylic oxidation sites excluding steroid dienone is 4. The first-order valence-corrected chi connectivity index (χ1v) is 9.39. The maximum absolute atomic E-state index is 13.1. The molecule has 0 aromatic carbocycles. The van der Waals surface area contributed by atoms with Crippen LogP contribution in [0.5, 0.6) is 0 Å². The lowest BCUT2D eigenvalue weighted by Crippen LogP contribution is -2.26. The summed E-state index contributed by atoms with van der Waals surface area (Å²) in [5, 5.41) is 17.0. The van der Waals surface area contributed by atoms with Gasteiger partial charge in [-0.15, -0.1) is 5.10 Å². The van der Waals surface area contributed by atoms with Crippen molar-refractivity contribution >= 4 is 17.0 Å². The maximum atomic E-state index is 13.1. The van der Waals surface area contributed by atoms with Crippen molar-refractivity contribution < 1.29 is 13.2 Å². The van der Waals surface area contributed by atoms with Crippen molar-refractivity contribution in [3.63, 3.8) is 0 Å². The summed E-state index contributed by atoms with van der Waals surface area (Å²) in [5.74, 6) is -0.706. The Labute approximate surface area is 160 Å². The third-order valence-electron chi connectivity index (χ3n) is 5.45. The first-order chi connectivity index (χ1) is 13.4. The minimum atomic E-state index is -4.26. The van der Waals surface area contributed by atoms with Crippen LogP contribution in [0.3, 0.4) is 0 Å². The fourth-order valence-electron chi connectivity index (χ4n) is 3.84. The van der Waals surface area contributed by atoms with Gasteiger partial charge in [0.2, 0.25) is 0 Å². The third kappa shape index (κ3) is 3.75. The van der Waals surface area contributed by atoms with Gasteiger partial charge in [-0.05, 0) is 49.8 Å². The molecule has 1 saturated carbocycles. The zero-order chi connectivity index (χ0) is 19.7. The summed E-state index contributed by atoms with van der Waals surface area (Å²) < 4.78 is 40.9. The number of anilines is 1. The number of alkyl halides is 3. The first kappa shape index (κ1) is 18.5. The van der Waals surface area contributed by atoms with Gasteiger partial charge in [0.05, 0.1) is 23.9 Å². The fourth-order valence-corrected chi connectivity index (χ4v) is 3.84. The molecule has 0 amide bonds. The van der Waals surface area contributed by atoms with Gasteiger partial charge in [0.25, 0.3) is 0 Å². The van der Waals surface area contributed by atoms with Crippen LogP contribution in [0, 0.1) is 23.2 Å². The number of nitrogens with one attached hydrogen (secondary N) is 1. The topological polar surface area (TPSA) is 66.0 Å². The molecule has 0 bridgehead atoms. The molecule has 0 spiro atoms. The monoisotopic (exact) mass is 387 g/mol. The molecule has 1 N–H and O–H groups in total. The first-order valence-electron chi connectivity index (χ1n) is 9.39. The Morgan fingerprint density at radius 3 is 2.68 bits per heavy atom. The minimum Gasteiger partial charge on any atom is -0.366 e. The highest BCUT2D eigenvalue weighted by Crippen LogP contribution is 2.37. The molecule has 4 rings (SSSR count). The average molecular weight is 387 g/mol. The molecule has 0 radical (unpaired) electrons. The van der Waals surface area contributed by atoms with E-state index in [0.29, 0.717) is 22.7 Å². The van der Waals surface area contributed by atoms with E-state index in [2.05, 4.69) is 21.5 Å². The van der Waals surface area contributed by atoms with Gasteiger partial charge in [-0.2, -0.15) is 18.4 Å². The number of nitriles is 1. The van der Waals surface area contributed by atoms with E-state index >= 15 is 0 Å². The van der Waals surface area contributed by atoms with Gasteiger partial charge in [-0.1, -0.05) is 18.2 Å². The van der Waals surface area contributed by atoms with Crippen molar-refractivity contribution in [2.24, 2.45) is 11.8 Å². The SMILES string of the molecule is N#CC1CCC(Nc2ccc3ncc(C4=CC=CC(C(F)(F)F)C4)n3n2)CC1. The summed E-state index contributed by atoms with van der Waals surface area (Å²) in [6, 6.07) is 6.20. The van der Waals surface area contributed by atoms with E-state index in [1.807, 2.05) is 6.07 Å². The van der Waals surface area contributed by atoms with E-state index in [-0.39, 0.29) is 18.4 Å². The Morgan fingerprint density at radius 1 is 1.18 bits per heavy atom. The van der Waals surface area contributed by atoms with E-state index in [1.54, 1.807) is 22.9 Å². The third-order valence-corrected chi connectivity index (χ3v) is 5.45. The number of nitrogens with zero attached hydrogens (tertiary/aromatic N) is 4. The van der Waals surface area contributed by atoms with E-state index in [4.69, 9.17) is 5.26 Å². The molecule has 1 atom stereocenters. The molecule has 146 valence electrons. The Kier molecular flexibility index (Phi) is 4.84. The van der Waals surface area contributed by atoms with Crippen LogP contribution < -0.4 is 5.32 Å². The van der Waals surface area contributed by atoms with Crippen LogP contribution in [0.25, 0.3) is 11.2 Å². The number of imidazole rings is 1. The smallest absolute Gasteiger partial charge is 0.366 e. The second-order valence-electron chi connectivity index (χ2n) is 7.38. The Balaban J connectivity index is 1.55. The van der Waals surface area contributed by atoms with Gasteiger partial charge in [0.1, 0.15) is 5.82 Å². The van der Waals surface area contributed by atoms with Gasteiger partial charge >= 0.3 is 6.18 Å². The van der Waals surface area contributed by atoms with Crippen LogP contribution in [-0.4, -0.2) is 26.8 Å². The molecule has 1 fully saturated rings. The summed E-state index contributed by atoms with van der Waals surface area (Å²) >= 11 is 0. The lowest BCUT2D eigenvalue weighted by Gasteiger charge is -2.26. The van der Waals surface area contributed by atoms with Crippen LogP contribution in [0.2, 0.25) is 0 Å². The van der Waals surface area contributed by atoms with Crippen molar-refractivity contribution in [1.82, 2.24) is 14.6 Å². The van der Waals surface area contributed by atoms with Crippen molar-refractivity contribution in [3.8, 4) is 6.07 Å². The van der Waals surface area contributed by atoms with E-state index < -0.39 is 12.1 Å². The molecule has 2 aromatic heterocycles. The number of aromatic nitrogens is 3. The van der Waals surface area contributed by atoms with Crippen molar-refractivity contribution in [2.45, 2.75) is 44.3 Å². The van der Waals surface area contributed by atoms with Crippen molar-refractivity contribution in [2.75, 3.05) is 5.32 Å². The second kappa shape index (κ2) is 7.30. The lowest BCUT2D eigenvalue weighted by molar-refractivity contribution is -0.159. The lowest BCUT2D eigenvalue weighted by atomic mass is 9.87. The highest BCUT2D eigenvalue weighted by atomic mass is 19.4. The van der Waals surface area contributed by atoms with Gasteiger partial charge in [-0.25, -0.2) is 9.50 Å². The van der Waals surface area contributed by atoms with Crippen LogP contribution >= 0.6 is 0 Å². The molecule has 8 heteroatoms. The van der Waals surface area contributed by atoms with Gasteiger partial charge in [-0.3, -0.25) is 0 Å². The number of fused-ring (bicyclic) bond motifs is 1. The Bertz CT molecular complexity index is 958. The fraction of sp³-hybridized carbons (Fsp3) is 0.450. The highest BCUT2D eigenvalue weighted by Gasteiger charge is 2.39. The largest absolute Gasteiger partial charge is 0.395 e. The normalized spacial score (nSPS) is 25.4. The van der Waals surface area contributed by atoms with Gasteiger partial charge in [0, 0.05) is 12.0 Å². The molecule has 0 aliphatic heterocycles. The van der Waals surface area contributed by atoms with E-state index in [1.165, 1.54) is 12.2 Å². The van der Waals surface area contributed by atoms with Gasteiger partial charge in [0.15, 0.2) is 5.65 Å². The molecule has 0 saturated heterocycles. The Hall–Kier alpha value is -2.82. The summed E-state index contributed by atoms with van der Waals surface area (Å²) in [6.45, 7) is 0. The van der Waals surface area contributed by atoms with E-state index in [0.717, 1.165) is 25.7 Å². The van der Waals surface area contributed by atoms with Crippen LogP contribution in [0.15, 0.2) is 36.6 Å². The molecule has 28 heavy (non-hydrogen) atoms. The van der Waals surface area contributed by atoms with Crippen LogP contribution in [0.4, 0.5) is 19.0 Å². The summed E-state index contributed by atoms with van der Waals surface area (Å²) in [4.78, 5) is 4.28. The van der Waals surface area contributed by atoms with E-state index in [9.17, 15) is 13.2 Å². The average Bonchev–Trinajstić information content (AvgIpc) is 3.11. The van der Waals surface area contributed by atoms with Gasteiger partial charge < -0.3 is 5.32 Å². The molecular weight excluding hydrogens is 367 g/mol. The summed E-state index contributed by atoms with van der Waals surface area (Å²) in [6.07, 6.45) is 5.05. The predicted octanol–water partition coefficient (Wildman–Crippen LogP) is 4.75. The quantitative estimate of drug-likeness (QED) is 0.826. The molecule has 2 aliphatic rings. The number of halogens is 3. The molecule has 2 heterocycles. The van der Waals surface area contributed by atoms with Crippen molar-refractivity contribution in [3.05, 3.63) is 42.3 Å². The number of rotatable bonds is 3. The molecule has 2 aliphatic carbocycles. The Morgan fingerprint density at radius 2 is 1.96 bits per heavy atom. The summed E-state index contributed by atoms with van der Waals surface area (Å²) in [5.41, 5.74) is 1.73.